The summed E-state index contributed by atoms with van der Waals surface area (Å²) >= 11 is 0. The molecule has 1 rings (SSSR count). The second kappa shape index (κ2) is 5.17. The number of unbranched alkanes of at least 4 members (excludes halogenated alkanes) is 1. The number of methoxy groups -OCH3 is 2. The van der Waals surface area contributed by atoms with Crippen molar-refractivity contribution in [1.82, 2.24) is 0 Å². The molecule has 96 valence electrons. The van der Waals surface area contributed by atoms with Crippen LogP contribution in [0.4, 0.5) is 0 Å². The molecule has 0 radical (unpaired) electrons. The van der Waals surface area contributed by atoms with Gasteiger partial charge in [0.2, 0.25) is 5.79 Å². The maximum atomic E-state index is 10.6. The molecule has 0 saturated heterocycles. The van der Waals surface area contributed by atoms with Gasteiger partial charge in [-0.1, -0.05) is 32.6 Å². The third kappa shape index (κ3) is 1.69. The topological polar surface area (TPSA) is 38.7 Å². The lowest BCUT2D eigenvalue weighted by Gasteiger charge is -2.54. The number of aliphatic hydroxyl groups is 1. The second-order valence-corrected chi connectivity index (χ2v) is 4.20. The zero-order valence-corrected chi connectivity index (χ0v) is 11.0. The second-order valence-electron chi connectivity index (χ2n) is 4.20. The third-order valence-corrected chi connectivity index (χ3v) is 3.49. The van der Waals surface area contributed by atoms with E-state index in [2.05, 4.69) is 20.1 Å². The zero-order valence-electron chi connectivity index (χ0n) is 11.0. The Balaban J connectivity index is 3.22. The van der Waals surface area contributed by atoms with E-state index in [0.717, 1.165) is 30.4 Å². The largest absolute Gasteiger partial charge is 0.375 e. The number of hydrogen-bond donors (Lipinski definition) is 1. The highest BCUT2D eigenvalue weighted by Crippen LogP contribution is 2.53. The highest BCUT2D eigenvalue weighted by molar-refractivity contribution is 5.55. The van der Waals surface area contributed by atoms with Crippen molar-refractivity contribution in [3.05, 3.63) is 36.5 Å². The van der Waals surface area contributed by atoms with Crippen LogP contribution in [0, 0.1) is 0 Å². The van der Waals surface area contributed by atoms with Gasteiger partial charge in [0.05, 0.1) is 0 Å². The third-order valence-electron chi connectivity index (χ3n) is 3.49. The van der Waals surface area contributed by atoms with Gasteiger partial charge in [0.15, 0.2) is 5.60 Å². The fourth-order valence-electron chi connectivity index (χ4n) is 2.57. The van der Waals surface area contributed by atoms with Crippen molar-refractivity contribution in [3.8, 4) is 0 Å². The maximum absolute atomic E-state index is 10.6. The molecule has 1 atom stereocenters. The lowest BCUT2D eigenvalue weighted by Crippen LogP contribution is -2.65. The molecule has 0 amide bonds. The summed E-state index contributed by atoms with van der Waals surface area (Å²) in [5.41, 5.74) is 0.410. The summed E-state index contributed by atoms with van der Waals surface area (Å²) in [4.78, 5) is 0. The predicted molar refractivity (Wildman–Crippen MR) is 68.6 cm³/mol. The monoisotopic (exact) mass is 238 g/mol. The molecule has 1 aliphatic carbocycles. The Morgan fingerprint density at radius 1 is 1.29 bits per heavy atom. The SMILES string of the molecule is C=CC1=C(CCCC)C(OC)(OC)C1(O)C=C. The zero-order chi connectivity index (χ0) is 13.1. The van der Waals surface area contributed by atoms with Crippen LogP contribution in [0.1, 0.15) is 26.2 Å². The molecule has 0 aliphatic heterocycles. The van der Waals surface area contributed by atoms with Crippen molar-refractivity contribution in [2.24, 2.45) is 0 Å². The number of ether oxygens (including phenoxy) is 2. The Bertz CT molecular complexity index is 339. The molecule has 1 unspecified atom stereocenters. The van der Waals surface area contributed by atoms with Gasteiger partial charge >= 0.3 is 0 Å². The lowest BCUT2D eigenvalue weighted by molar-refractivity contribution is -0.271. The van der Waals surface area contributed by atoms with Crippen LogP contribution in [0.2, 0.25) is 0 Å². The molecule has 1 aliphatic rings. The fourth-order valence-corrected chi connectivity index (χ4v) is 2.57. The van der Waals surface area contributed by atoms with Crippen molar-refractivity contribution in [2.45, 2.75) is 37.6 Å². The van der Waals surface area contributed by atoms with Gasteiger partial charge in [0.25, 0.3) is 0 Å². The van der Waals surface area contributed by atoms with Crippen LogP contribution >= 0.6 is 0 Å². The van der Waals surface area contributed by atoms with E-state index in [1.807, 2.05) is 0 Å². The van der Waals surface area contributed by atoms with Crippen molar-refractivity contribution < 1.29 is 14.6 Å². The van der Waals surface area contributed by atoms with E-state index >= 15 is 0 Å². The summed E-state index contributed by atoms with van der Waals surface area (Å²) in [7, 11) is 3.06. The summed E-state index contributed by atoms with van der Waals surface area (Å²) in [6.07, 6.45) is 6.03. The van der Waals surface area contributed by atoms with Crippen molar-refractivity contribution >= 4 is 0 Å². The highest BCUT2D eigenvalue weighted by Gasteiger charge is 2.63. The van der Waals surface area contributed by atoms with Crippen LogP contribution < -0.4 is 0 Å². The van der Waals surface area contributed by atoms with E-state index in [1.165, 1.54) is 20.3 Å². The first kappa shape index (κ1) is 14.2. The van der Waals surface area contributed by atoms with Crippen LogP contribution in [0.15, 0.2) is 36.5 Å². The molecule has 0 aromatic carbocycles. The van der Waals surface area contributed by atoms with E-state index in [0.29, 0.717) is 0 Å². The van der Waals surface area contributed by atoms with Gasteiger partial charge in [-0.15, -0.1) is 0 Å². The van der Waals surface area contributed by atoms with Gasteiger partial charge < -0.3 is 14.6 Å². The van der Waals surface area contributed by atoms with Crippen molar-refractivity contribution in [1.29, 1.82) is 0 Å². The minimum Gasteiger partial charge on any atom is -0.375 e. The highest BCUT2D eigenvalue weighted by atomic mass is 16.7. The molecule has 1 N–H and O–H groups in total. The van der Waals surface area contributed by atoms with Crippen LogP contribution in [-0.4, -0.2) is 30.7 Å². The van der Waals surface area contributed by atoms with E-state index in [1.54, 1.807) is 6.08 Å². The molecule has 0 fully saturated rings. The average molecular weight is 238 g/mol. The van der Waals surface area contributed by atoms with Crippen molar-refractivity contribution in [3.63, 3.8) is 0 Å². The summed E-state index contributed by atoms with van der Waals surface area (Å²) in [5.74, 6) is -1.10. The molecule has 3 nitrogen and oxygen atoms in total. The Morgan fingerprint density at radius 3 is 2.24 bits per heavy atom. The molecular formula is C14H22O3. The summed E-state index contributed by atoms with van der Waals surface area (Å²) < 4.78 is 10.8. The normalized spacial score (nSPS) is 26.6. The van der Waals surface area contributed by atoms with Crippen LogP contribution in [-0.2, 0) is 9.47 Å². The van der Waals surface area contributed by atoms with Gasteiger partial charge in [-0.25, -0.2) is 0 Å². The predicted octanol–water partition coefficient (Wildman–Crippen LogP) is 2.58. The summed E-state index contributed by atoms with van der Waals surface area (Å²) in [5, 5.41) is 10.6. The molecule has 0 aromatic heterocycles. The molecule has 17 heavy (non-hydrogen) atoms. The van der Waals surface area contributed by atoms with Gasteiger partial charge in [-0.05, 0) is 30.1 Å². The number of rotatable bonds is 7. The quantitative estimate of drug-likeness (QED) is 0.547. The molecule has 0 aromatic rings. The molecule has 0 saturated carbocycles. The minimum atomic E-state index is -1.30. The Kier molecular flexibility index (Phi) is 4.31. The standard InChI is InChI=1S/C14H22O3/c1-6-9-10-12-11(7-2)13(15,8-3)14(12,16-4)17-5/h7-8,15H,2-3,6,9-10H2,1,4-5H3. The first-order valence-corrected chi connectivity index (χ1v) is 5.90. The molecule has 0 heterocycles. The van der Waals surface area contributed by atoms with Gasteiger partial charge in [0, 0.05) is 14.2 Å². The van der Waals surface area contributed by atoms with Crippen LogP contribution in [0.25, 0.3) is 0 Å². The van der Waals surface area contributed by atoms with E-state index in [9.17, 15) is 5.11 Å². The van der Waals surface area contributed by atoms with Gasteiger partial charge in [-0.3, -0.25) is 0 Å². The van der Waals surface area contributed by atoms with Crippen LogP contribution in [0.3, 0.4) is 0 Å². The maximum Gasteiger partial charge on any atom is 0.228 e. The van der Waals surface area contributed by atoms with Crippen molar-refractivity contribution in [2.75, 3.05) is 14.2 Å². The Labute approximate surface area is 103 Å². The van der Waals surface area contributed by atoms with E-state index in [-0.39, 0.29) is 0 Å². The molecule has 0 spiro atoms. The summed E-state index contributed by atoms with van der Waals surface area (Å²) in [6, 6.07) is 0. The van der Waals surface area contributed by atoms with Crippen LogP contribution in [0.5, 0.6) is 0 Å². The van der Waals surface area contributed by atoms with Gasteiger partial charge in [0.1, 0.15) is 0 Å². The fraction of sp³-hybridized carbons (Fsp3) is 0.571. The Morgan fingerprint density at radius 2 is 1.88 bits per heavy atom. The van der Waals surface area contributed by atoms with Gasteiger partial charge in [-0.2, -0.15) is 0 Å². The molecule has 3 heteroatoms. The van der Waals surface area contributed by atoms with E-state index in [4.69, 9.17) is 9.47 Å². The first-order valence-electron chi connectivity index (χ1n) is 5.90. The summed E-state index contributed by atoms with van der Waals surface area (Å²) in [6.45, 7) is 9.53. The number of hydrogen-bond acceptors (Lipinski definition) is 3. The Hall–Kier alpha value is -0.900. The smallest absolute Gasteiger partial charge is 0.228 e. The minimum absolute atomic E-state index is 0.754. The molecular weight excluding hydrogens is 216 g/mol. The lowest BCUT2D eigenvalue weighted by atomic mass is 9.65. The van der Waals surface area contributed by atoms with E-state index < -0.39 is 11.4 Å². The average Bonchev–Trinajstić information content (AvgIpc) is 2.35. The molecule has 0 bridgehead atoms. The first-order chi connectivity index (χ1) is 8.07.